The molecule has 0 N–H and O–H groups in total. The van der Waals surface area contributed by atoms with Crippen LogP contribution in [0.3, 0.4) is 0 Å². The van der Waals surface area contributed by atoms with Crippen molar-refractivity contribution in [3.8, 4) is 0 Å². The molecule has 0 bridgehead atoms. The van der Waals surface area contributed by atoms with Gasteiger partial charge in [0.25, 0.3) is 0 Å². The fraction of sp³-hybridized carbons (Fsp3) is 0.667. The molecule has 0 aromatic rings. The van der Waals surface area contributed by atoms with Gasteiger partial charge in [-0.05, 0) is 6.72 Å². The molecule has 0 aromatic carbocycles. The van der Waals surface area contributed by atoms with E-state index in [1.807, 2.05) is 0 Å². The fourth-order valence-electron chi connectivity index (χ4n) is 0.173. The van der Waals surface area contributed by atoms with Gasteiger partial charge in [-0.15, -0.1) is 0 Å². The molecule has 0 aliphatic carbocycles. The molecule has 8 heteroatoms. The van der Waals surface area contributed by atoms with E-state index < -0.39 is 22.4 Å². The summed E-state index contributed by atoms with van der Waals surface area (Å²) in [5, 5.41) is 0. The van der Waals surface area contributed by atoms with E-state index >= 15 is 0 Å². The van der Waals surface area contributed by atoms with Gasteiger partial charge in [0.2, 0.25) is 0 Å². The summed E-state index contributed by atoms with van der Waals surface area (Å²) in [7, 11) is -5.49. The van der Waals surface area contributed by atoms with Crippen molar-refractivity contribution in [1.29, 1.82) is 0 Å². The average molecular weight is 191 g/mol. The van der Waals surface area contributed by atoms with E-state index in [0.29, 0.717) is 0 Å². The van der Waals surface area contributed by atoms with Gasteiger partial charge in [0.05, 0.1) is 0 Å². The zero-order valence-corrected chi connectivity index (χ0v) is 5.94. The van der Waals surface area contributed by atoms with Crippen LogP contribution < -0.4 is 0 Å². The molecular formula is C3H4F3NO3S. The van der Waals surface area contributed by atoms with Gasteiger partial charge in [0.1, 0.15) is 0 Å². The molecule has 0 spiro atoms. The Morgan fingerprint density at radius 3 is 2.18 bits per heavy atom. The summed E-state index contributed by atoms with van der Waals surface area (Å²) in [4.78, 5) is 2.78. The summed E-state index contributed by atoms with van der Waals surface area (Å²) in [5.74, 6) is 0. The maximum atomic E-state index is 11.4. The van der Waals surface area contributed by atoms with Crippen molar-refractivity contribution in [3.05, 3.63) is 0 Å². The fourth-order valence-corrected chi connectivity index (χ4v) is 0.520. The predicted octanol–water partition coefficient (Wildman–Crippen LogP) is 0.511. The lowest BCUT2D eigenvalue weighted by molar-refractivity contribution is -0.0540. The minimum atomic E-state index is -5.49. The second kappa shape index (κ2) is 3.18. The molecule has 0 unspecified atom stereocenters. The van der Waals surface area contributed by atoms with Crippen LogP contribution >= 0.6 is 0 Å². The van der Waals surface area contributed by atoms with Gasteiger partial charge < -0.3 is 0 Å². The Hall–Kier alpha value is -0.630. The lowest BCUT2D eigenvalue weighted by Gasteiger charge is -2.05. The molecule has 0 saturated heterocycles. The smallest absolute Gasteiger partial charge is 0.271 e. The van der Waals surface area contributed by atoms with Gasteiger partial charge in [-0.2, -0.15) is 21.6 Å². The lowest BCUT2D eigenvalue weighted by atomic mass is 11.3. The third-order valence-electron chi connectivity index (χ3n) is 0.583. The average Bonchev–Trinajstić information content (AvgIpc) is 1.81. The third kappa shape index (κ3) is 2.85. The van der Waals surface area contributed by atoms with Crippen LogP contribution in [0.1, 0.15) is 0 Å². The van der Waals surface area contributed by atoms with Crippen molar-refractivity contribution >= 4 is 16.8 Å². The number of nitrogens with zero attached hydrogens (tertiary/aromatic N) is 1. The van der Waals surface area contributed by atoms with Crippen molar-refractivity contribution < 1.29 is 25.8 Å². The number of alkyl halides is 3. The Labute approximate surface area is 60.8 Å². The minimum absolute atomic E-state index is 0.929. The van der Waals surface area contributed by atoms with Crippen LogP contribution in [0.25, 0.3) is 0 Å². The Morgan fingerprint density at radius 2 is 1.91 bits per heavy atom. The first-order valence-electron chi connectivity index (χ1n) is 2.19. The monoisotopic (exact) mass is 191 g/mol. The predicted molar refractivity (Wildman–Crippen MR) is 30.5 cm³/mol. The molecule has 0 atom stereocenters. The molecule has 0 amide bonds. The summed E-state index contributed by atoms with van der Waals surface area (Å²) < 4.78 is 57.5. The topological polar surface area (TPSA) is 55.7 Å². The quantitative estimate of drug-likeness (QED) is 0.371. The first-order valence-corrected chi connectivity index (χ1v) is 3.60. The largest absolute Gasteiger partial charge is 0.523 e. The summed E-state index contributed by atoms with van der Waals surface area (Å²) >= 11 is 0. The second-order valence-electron chi connectivity index (χ2n) is 1.37. The number of rotatable bonds is 3. The van der Waals surface area contributed by atoms with Crippen LogP contribution in [0.2, 0.25) is 0 Å². The van der Waals surface area contributed by atoms with Crippen molar-refractivity contribution in [2.24, 2.45) is 4.99 Å². The number of hydrogen-bond acceptors (Lipinski definition) is 4. The molecule has 0 radical (unpaired) electrons. The molecular weight excluding hydrogens is 187 g/mol. The first kappa shape index (κ1) is 10.4. The highest BCUT2D eigenvalue weighted by Crippen LogP contribution is 2.24. The SMILES string of the molecule is C=NCOS(=O)(=O)C(F)(F)F. The highest BCUT2D eigenvalue weighted by atomic mass is 32.2. The molecule has 0 fully saturated rings. The van der Waals surface area contributed by atoms with Gasteiger partial charge in [0, 0.05) is 0 Å². The summed E-state index contributed by atoms with van der Waals surface area (Å²) in [5.41, 5.74) is -5.39. The number of hydrogen-bond donors (Lipinski definition) is 0. The summed E-state index contributed by atoms with van der Waals surface area (Å²) in [6.07, 6.45) is 0. The Bertz CT molecular complexity index is 231. The normalized spacial score (nSPS) is 13.0. The van der Waals surface area contributed by atoms with Crippen LogP contribution in [0.5, 0.6) is 0 Å². The molecule has 66 valence electrons. The molecule has 0 heterocycles. The van der Waals surface area contributed by atoms with E-state index in [1.165, 1.54) is 0 Å². The van der Waals surface area contributed by atoms with Gasteiger partial charge in [-0.3, -0.25) is 4.99 Å². The summed E-state index contributed by atoms with van der Waals surface area (Å²) in [6, 6.07) is 0. The van der Waals surface area contributed by atoms with Gasteiger partial charge >= 0.3 is 15.6 Å². The Morgan fingerprint density at radius 1 is 1.45 bits per heavy atom. The number of halogens is 3. The molecule has 0 aliphatic rings. The third-order valence-corrected chi connectivity index (χ3v) is 1.57. The molecule has 0 aliphatic heterocycles. The number of aliphatic imine (C=N–C) groups is 1. The molecule has 0 aromatic heterocycles. The Balaban J connectivity index is 4.37. The van der Waals surface area contributed by atoms with E-state index in [9.17, 15) is 21.6 Å². The zero-order chi connectivity index (χ0) is 9.12. The molecule has 11 heavy (non-hydrogen) atoms. The summed E-state index contributed by atoms with van der Waals surface area (Å²) in [6.45, 7) is 1.81. The van der Waals surface area contributed by atoms with Gasteiger partial charge in [0.15, 0.2) is 6.73 Å². The standard InChI is InChI=1S/C3H4F3NO3S/c1-7-2-10-11(8,9)3(4,5)6/h1-2H2. The lowest BCUT2D eigenvalue weighted by Crippen LogP contribution is -2.25. The highest BCUT2D eigenvalue weighted by molar-refractivity contribution is 7.87. The maximum absolute atomic E-state index is 11.4. The van der Waals surface area contributed by atoms with E-state index in [4.69, 9.17) is 0 Å². The molecule has 0 rings (SSSR count). The zero-order valence-electron chi connectivity index (χ0n) is 5.13. The van der Waals surface area contributed by atoms with E-state index in [1.54, 1.807) is 0 Å². The van der Waals surface area contributed by atoms with Crippen molar-refractivity contribution in [2.75, 3.05) is 6.73 Å². The minimum Gasteiger partial charge on any atom is -0.271 e. The van der Waals surface area contributed by atoms with E-state index in [0.717, 1.165) is 0 Å². The molecule has 4 nitrogen and oxygen atoms in total. The van der Waals surface area contributed by atoms with Crippen LogP contribution in [-0.2, 0) is 14.3 Å². The van der Waals surface area contributed by atoms with Gasteiger partial charge in [-0.25, -0.2) is 4.18 Å². The highest BCUT2D eigenvalue weighted by Gasteiger charge is 2.47. The van der Waals surface area contributed by atoms with Crippen LogP contribution in [0.15, 0.2) is 4.99 Å². The Kier molecular flexibility index (Phi) is 3.00. The van der Waals surface area contributed by atoms with Crippen molar-refractivity contribution in [1.82, 2.24) is 0 Å². The van der Waals surface area contributed by atoms with Gasteiger partial charge in [-0.1, -0.05) is 0 Å². The van der Waals surface area contributed by atoms with E-state index in [-0.39, 0.29) is 0 Å². The molecule has 0 saturated carbocycles. The van der Waals surface area contributed by atoms with Crippen molar-refractivity contribution in [3.63, 3.8) is 0 Å². The maximum Gasteiger partial charge on any atom is 0.523 e. The van der Waals surface area contributed by atoms with Crippen LogP contribution in [0.4, 0.5) is 13.2 Å². The second-order valence-corrected chi connectivity index (χ2v) is 2.98. The van der Waals surface area contributed by atoms with E-state index in [2.05, 4.69) is 15.9 Å². The first-order chi connectivity index (χ1) is 4.81. The van der Waals surface area contributed by atoms with Crippen molar-refractivity contribution in [2.45, 2.75) is 5.51 Å². The van der Waals surface area contributed by atoms with Crippen LogP contribution in [-0.4, -0.2) is 27.4 Å². The van der Waals surface area contributed by atoms with Crippen LogP contribution in [0, 0.1) is 0 Å².